The highest BCUT2D eigenvalue weighted by molar-refractivity contribution is 7.99. The van der Waals surface area contributed by atoms with Gasteiger partial charge in [0.2, 0.25) is 0 Å². The molecule has 0 spiro atoms. The Morgan fingerprint density at radius 2 is 1.55 bits per heavy atom. The first-order valence-corrected chi connectivity index (χ1v) is 8.51. The molecule has 4 rings (SSSR count). The molecule has 1 saturated heterocycles. The Morgan fingerprint density at radius 3 is 2.36 bits per heavy atom. The largest absolute Gasteiger partial charge is 0.354 e. The van der Waals surface area contributed by atoms with Crippen molar-refractivity contribution in [2.45, 2.75) is 9.79 Å². The molecule has 2 aliphatic rings. The molecule has 2 heterocycles. The lowest BCUT2D eigenvalue weighted by molar-refractivity contribution is 0.215. The fraction of sp³-hybridized carbons (Fsp3) is 0.278. The molecule has 0 radical (unpaired) electrons. The maximum Gasteiger partial charge on any atom is 0.137 e. The molecular weight excluding hydrogens is 290 g/mol. The van der Waals surface area contributed by atoms with Gasteiger partial charge in [-0.05, 0) is 25.2 Å². The van der Waals surface area contributed by atoms with E-state index in [1.165, 1.54) is 15.4 Å². The van der Waals surface area contributed by atoms with Gasteiger partial charge in [0.1, 0.15) is 5.84 Å². The number of likely N-dealkylation sites (N-methyl/N-ethyl adjacent to an activating group) is 1. The molecule has 3 nitrogen and oxygen atoms in total. The van der Waals surface area contributed by atoms with Crippen molar-refractivity contribution in [1.82, 2.24) is 9.80 Å². The van der Waals surface area contributed by atoms with Crippen LogP contribution in [0, 0.1) is 0 Å². The van der Waals surface area contributed by atoms with Crippen molar-refractivity contribution in [3.8, 4) is 0 Å². The normalized spacial score (nSPS) is 18.2. The monoisotopic (exact) mass is 309 g/mol. The van der Waals surface area contributed by atoms with Gasteiger partial charge in [0, 0.05) is 41.5 Å². The molecule has 4 heteroatoms. The summed E-state index contributed by atoms with van der Waals surface area (Å²) in [5.41, 5.74) is 2.34. The van der Waals surface area contributed by atoms with Crippen LogP contribution < -0.4 is 0 Å². The lowest BCUT2D eigenvalue weighted by Gasteiger charge is -2.34. The first kappa shape index (κ1) is 13.9. The average molecular weight is 309 g/mol. The lowest BCUT2D eigenvalue weighted by Crippen LogP contribution is -2.47. The lowest BCUT2D eigenvalue weighted by atomic mass is 10.1. The van der Waals surface area contributed by atoms with Crippen LogP contribution in [0.5, 0.6) is 0 Å². The zero-order valence-electron chi connectivity index (χ0n) is 12.7. The quantitative estimate of drug-likeness (QED) is 0.742. The molecule has 112 valence electrons. The van der Waals surface area contributed by atoms with Crippen LogP contribution in [0.1, 0.15) is 5.56 Å². The first-order valence-electron chi connectivity index (χ1n) is 7.70. The van der Waals surface area contributed by atoms with Gasteiger partial charge in [-0.3, -0.25) is 0 Å². The third-order valence-electron chi connectivity index (χ3n) is 4.24. The Kier molecular flexibility index (Phi) is 3.64. The molecule has 0 amide bonds. The van der Waals surface area contributed by atoms with Gasteiger partial charge in [-0.2, -0.15) is 0 Å². The highest BCUT2D eigenvalue weighted by atomic mass is 32.2. The van der Waals surface area contributed by atoms with Crippen LogP contribution in [0.15, 0.2) is 63.3 Å². The molecule has 2 aliphatic heterocycles. The third-order valence-corrected chi connectivity index (χ3v) is 5.38. The van der Waals surface area contributed by atoms with E-state index in [0.717, 1.165) is 37.7 Å². The molecular formula is C18H19N3S. The molecule has 22 heavy (non-hydrogen) atoms. The van der Waals surface area contributed by atoms with Gasteiger partial charge >= 0.3 is 0 Å². The minimum Gasteiger partial charge on any atom is -0.354 e. The van der Waals surface area contributed by atoms with E-state index < -0.39 is 0 Å². The summed E-state index contributed by atoms with van der Waals surface area (Å²) < 4.78 is 0. The second-order valence-electron chi connectivity index (χ2n) is 5.79. The minimum atomic E-state index is 1.04. The zero-order chi connectivity index (χ0) is 14.9. The van der Waals surface area contributed by atoms with Crippen LogP contribution in [0.25, 0.3) is 0 Å². The molecule has 2 aromatic rings. The van der Waals surface area contributed by atoms with E-state index in [0.29, 0.717) is 0 Å². The number of para-hydroxylation sites is 1. The van der Waals surface area contributed by atoms with Crippen LogP contribution in [-0.2, 0) is 0 Å². The van der Waals surface area contributed by atoms with Gasteiger partial charge in [-0.25, -0.2) is 4.99 Å². The highest BCUT2D eigenvalue weighted by Crippen LogP contribution is 2.40. The number of nitrogens with zero attached hydrogens (tertiary/aromatic N) is 3. The standard InChI is InChI=1S/C18H19N3S/c1-20-10-12-21(13-11-20)18-14-6-2-4-8-16(14)22-17-9-5-3-7-15(17)19-18/h2-9H,10-13H2,1H3. The van der Waals surface area contributed by atoms with Crippen LogP contribution in [0.3, 0.4) is 0 Å². The molecule has 1 fully saturated rings. The summed E-state index contributed by atoms with van der Waals surface area (Å²) in [6, 6.07) is 17.1. The Hall–Kier alpha value is -1.78. The Labute approximate surface area is 135 Å². The summed E-state index contributed by atoms with van der Waals surface area (Å²) in [5.74, 6) is 1.13. The van der Waals surface area contributed by atoms with Crippen LogP contribution >= 0.6 is 11.8 Å². The minimum absolute atomic E-state index is 1.04. The van der Waals surface area contributed by atoms with Crippen LogP contribution in [0.2, 0.25) is 0 Å². The summed E-state index contributed by atoms with van der Waals surface area (Å²) in [5, 5.41) is 0. The second-order valence-corrected chi connectivity index (χ2v) is 6.88. The van der Waals surface area contributed by atoms with Crippen molar-refractivity contribution in [3.05, 3.63) is 54.1 Å². The van der Waals surface area contributed by atoms with Gasteiger partial charge < -0.3 is 9.80 Å². The number of rotatable bonds is 0. The summed E-state index contributed by atoms with van der Waals surface area (Å²) in [6.45, 7) is 4.26. The molecule has 0 aromatic heterocycles. The molecule has 0 unspecified atom stereocenters. The average Bonchev–Trinajstić information content (AvgIpc) is 2.72. The predicted octanol–water partition coefficient (Wildman–Crippen LogP) is 3.48. The maximum absolute atomic E-state index is 5.03. The van der Waals surface area contributed by atoms with E-state index in [2.05, 4.69) is 65.4 Å². The number of piperazine rings is 1. The Morgan fingerprint density at radius 1 is 0.864 bits per heavy atom. The van der Waals surface area contributed by atoms with Gasteiger partial charge in [-0.15, -0.1) is 0 Å². The van der Waals surface area contributed by atoms with Crippen molar-refractivity contribution >= 4 is 23.3 Å². The number of hydrogen-bond donors (Lipinski definition) is 0. The number of benzene rings is 2. The van der Waals surface area contributed by atoms with Crippen molar-refractivity contribution in [2.24, 2.45) is 4.99 Å². The molecule has 0 saturated carbocycles. The van der Waals surface area contributed by atoms with E-state index in [1.54, 1.807) is 0 Å². The molecule has 2 aromatic carbocycles. The molecule has 0 atom stereocenters. The van der Waals surface area contributed by atoms with Gasteiger partial charge in [0.05, 0.1) is 5.69 Å². The molecule has 0 bridgehead atoms. The zero-order valence-corrected chi connectivity index (χ0v) is 13.5. The van der Waals surface area contributed by atoms with E-state index >= 15 is 0 Å². The summed E-state index contributed by atoms with van der Waals surface area (Å²) in [6.07, 6.45) is 0. The Balaban J connectivity index is 1.82. The van der Waals surface area contributed by atoms with Crippen molar-refractivity contribution < 1.29 is 0 Å². The molecule has 0 N–H and O–H groups in total. The number of hydrogen-bond acceptors (Lipinski definition) is 4. The second kappa shape index (κ2) is 5.78. The first-order chi connectivity index (χ1) is 10.8. The topological polar surface area (TPSA) is 18.8 Å². The van der Waals surface area contributed by atoms with Crippen molar-refractivity contribution in [3.63, 3.8) is 0 Å². The van der Waals surface area contributed by atoms with Gasteiger partial charge in [-0.1, -0.05) is 42.1 Å². The third kappa shape index (κ3) is 2.53. The number of fused-ring (bicyclic) bond motifs is 2. The van der Waals surface area contributed by atoms with E-state index in [9.17, 15) is 0 Å². The summed E-state index contributed by atoms with van der Waals surface area (Å²) in [7, 11) is 2.19. The van der Waals surface area contributed by atoms with Crippen LogP contribution in [0.4, 0.5) is 5.69 Å². The van der Waals surface area contributed by atoms with E-state index in [4.69, 9.17) is 4.99 Å². The van der Waals surface area contributed by atoms with Gasteiger partial charge in [0.15, 0.2) is 0 Å². The van der Waals surface area contributed by atoms with Crippen molar-refractivity contribution in [2.75, 3.05) is 33.2 Å². The highest BCUT2D eigenvalue weighted by Gasteiger charge is 2.23. The number of aliphatic imine (C=N–C) groups is 1. The summed E-state index contributed by atoms with van der Waals surface area (Å²) >= 11 is 1.82. The predicted molar refractivity (Wildman–Crippen MR) is 92.3 cm³/mol. The Bertz CT molecular complexity index is 718. The SMILES string of the molecule is CN1CCN(C2=Nc3ccccc3Sc3ccccc32)CC1. The van der Waals surface area contributed by atoms with Crippen molar-refractivity contribution in [1.29, 1.82) is 0 Å². The molecule has 0 aliphatic carbocycles. The number of amidine groups is 1. The fourth-order valence-electron chi connectivity index (χ4n) is 2.93. The maximum atomic E-state index is 5.03. The smallest absolute Gasteiger partial charge is 0.137 e. The van der Waals surface area contributed by atoms with Gasteiger partial charge in [0.25, 0.3) is 0 Å². The summed E-state index contributed by atoms with van der Waals surface area (Å²) in [4.78, 5) is 12.4. The van der Waals surface area contributed by atoms with E-state index in [-0.39, 0.29) is 0 Å². The van der Waals surface area contributed by atoms with E-state index in [1.807, 2.05) is 11.8 Å². The fourth-order valence-corrected chi connectivity index (χ4v) is 3.95. The van der Waals surface area contributed by atoms with Crippen LogP contribution in [-0.4, -0.2) is 48.9 Å².